The van der Waals surface area contributed by atoms with E-state index in [1.807, 2.05) is 14.0 Å². The Labute approximate surface area is 95.0 Å². The van der Waals surface area contributed by atoms with Crippen LogP contribution in [-0.2, 0) is 23.0 Å². The van der Waals surface area contributed by atoms with Gasteiger partial charge in [-0.25, -0.2) is 4.98 Å². The first-order valence-corrected chi connectivity index (χ1v) is 5.26. The third kappa shape index (κ3) is 4.39. The molecule has 0 radical (unpaired) electrons. The molecular weight excluding hydrogens is 208 g/mol. The lowest BCUT2D eigenvalue weighted by molar-refractivity contribution is -0.141. The lowest BCUT2D eigenvalue weighted by atomic mass is 10.2. The standard InChI is InChI=1S/C10H18N4O2/c1-8(6-10(15)16-3)11-5-4-9-12-7-14(2)13-9/h7-8,11H,4-6H2,1-3H3. The molecule has 1 atom stereocenters. The smallest absolute Gasteiger partial charge is 0.307 e. The Bertz CT molecular complexity index is 337. The van der Waals surface area contributed by atoms with E-state index in [1.165, 1.54) is 7.11 Å². The Balaban J connectivity index is 2.17. The van der Waals surface area contributed by atoms with E-state index < -0.39 is 0 Å². The molecule has 1 heterocycles. The molecule has 90 valence electrons. The molecule has 6 heteroatoms. The molecule has 1 N–H and O–H groups in total. The number of nitrogens with one attached hydrogen (secondary N) is 1. The van der Waals surface area contributed by atoms with Crippen molar-refractivity contribution in [3.8, 4) is 0 Å². The Morgan fingerprint density at radius 2 is 2.44 bits per heavy atom. The molecule has 6 nitrogen and oxygen atoms in total. The Morgan fingerprint density at radius 3 is 3.00 bits per heavy atom. The molecule has 1 unspecified atom stereocenters. The number of hydrogen-bond donors (Lipinski definition) is 1. The zero-order valence-corrected chi connectivity index (χ0v) is 9.93. The summed E-state index contributed by atoms with van der Waals surface area (Å²) in [5, 5.41) is 7.37. The van der Waals surface area contributed by atoms with Crippen LogP contribution in [0.4, 0.5) is 0 Å². The van der Waals surface area contributed by atoms with Crippen molar-refractivity contribution in [3.05, 3.63) is 12.2 Å². The highest BCUT2D eigenvalue weighted by atomic mass is 16.5. The van der Waals surface area contributed by atoms with Crippen molar-refractivity contribution in [2.45, 2.75) is 25.8 Å². The number of carbonyl (C=O) groups excluding carboxylic acids is 1. The molecule has 0 saturated carbocycles. The van der Waals surface area contributed by atoms with Gasteiger partial charge in [-0.1, -0.05) is 0 Å². The fraction of sp³-hybridized carbons (Fsp3) is 0.700. The van der Waals surface area contributed by atoms with Crippen LogP contribution >= 0.6 is 0 Å². The van der Waals surface area contributed by atoms with Crippen LogP contribution in [0.15, 0.2) is 6.33 Å². The molecule has 0 fully saturated rings. The van der Waals surface area contributed by atoms with Gasteiger partial charge in [0.25, 0.3) is 0 Å². The zero-order chi connectivity index (χ0) is 12.0. The predicted molar refractivity (Wildman–Crippen MR) is 58.8 cm³/mol. The first-order valence-electron chi connectivity index (χ1n) is 5.26. The molecule has 16 heavy (non-hydrogen) atoms. The van der Waals surface area contributed by atoms with Crippen LogP contribution in [0, 0.1) is 0 Å². The average Bonchev–Trinajstić information content (AvgIpc) is 2.64. The van der Waals surface area contributed by atoms with Crippen LogP contribution in [0.2, 0.25) is 0 Å². The summed E-state index contributed by atoms with van der Waals surface area (Å²) in [4.78, 5) is 15.1. The van der Waals surface area contributed by atoms with E-state index in [-0.39, 0.29) is 12.0 Å². The third-order valence-electron chi connectivity index (χ3n) is 2.19. The van der Waals surface area contributed by atoms with E-state index in [2.05, 4.69) is 20.1 Å². The normalized spacial score (nSPS) is 12.4. The van der Waals surface area contributed by atoms with Gasteiger partial charge in [-0.3, -0.25) is 9.48 Å². The van der Waals surface area contributed by atoms with Gasteiger partial charge in [-0.05, 0) is 6.92 Å². The Kier molecular flexibility index (Phi) is 4.91. The fourth-order valence-corrected chi connectivity index (χ4v) is 1.33. The van der Waals surface area contributed by atoms with E-state index in [4.69, 9.17) is 0 Å². The Morgan fingerprint density at radius 1 is 1.69 bits per heavy atom. The van der Waals surface area contributed by atoms with E-state index >= 15 is 0 Å². The summed E-state index contributed by atoms with van der Waals surface area (Å²) in [6.45, 7) is 2.70. The van der Waals surface area contributed by atoms with Gasteiger partial charge in [0.05, 0.1) is 13.5 Å². The maximum Gasteiger partial charge on any atom is 0.307 e. The van der Waals surface area contributed by atoms with Gasteiger partial charge >= 0.3 is 5.97 Å². The van der Waals surface area contributed by atoms with E-state index in [9.17, 15) is 4.79 Å². The molecule has 1 aromatic heterocycles. The average molecular weight is 226 g/mol. The summed E-state index contributed by atoms with van der Waals surface area (Å²) in [5.74, 6) is 0.608. The molecule has 0 amide bonds. The maximum atomic E-state index is 11.0. The minimum Gasteiger partial charge on any atom is -0.469 e. The second kappa shape index (κ2) is 6.22. The first-order chi connectivity index (χ1) is 7.61. The molecule has 1 aromatic rings. The number of ether oxygens (including phenoxy) is 1. The minimum absolute atomic E-state index is 0.108. The molecule has 1 rings (SSSR count). The Hall–Kier alpha value is -1.43. The third-order valence-corrected chi connectivity index (χ3v) is 2.19. The van der Waals surface area contributed by atoms with Crippen molar-refractivity contribution in [2.75, 3.05) is 13.7 Å². The van der Waals surface area contributed by atoms with Gasteiger partial charge in [-0.15, -0.1) is 0 Å². The van der Waals surface area contributed by atoms with Crippen LogP contribution in [0.25, 0.3) is 0 Å². The number of methoxy groups -OCH3 is 1. The number of carbonyl (C=O) groups is 1. The zero-order valence-electron chi connectivity index (χ0n) is 9.93. The summed E-state index contributed by atoms with van der Waals surface area (Å²) in [7, 11) is 3.23. The number of hydrogen-bond acceptors (Lipinski definition) is 5. The largest absolute Gasteiger partial charge is 0.469 e. The topological polar surface area (TPSA) is 69.0 Å². The number of nitrogens with zero attached hydrogens (tertiary/aromatic N) is 3. The lowest BCUT2D eigenvalue weighted by Crippen LogP contribution is -2.30. The fourth-order valence-electron chi connectivity index (χ4n) is 1.33. The van der Waals surface area contributed by atoms with Gasteiger partial charge in [0, 0.05) is 26.1 Å². The van der Waals surface area contributed by atoms with Crippen molar-refractivity contribution in [1.29, 1.82) is 0 Å². The van der Waals surface area contributed by atoms with E-state index in [1.54, 1.807) is 11.0 Å². The van der Waals surface area contributed by atoms with Crippen LogP contribution < -0.4 is 5.32 Å². The predicted octanol–water partition coefficient (Wildman–Crippen LogP) is -0.101. The van der Waals surface area contributed by atoms with Crippen molar-refractivity contribution in [3.63, 3.8) is 0 Å². The van der Waals surface area contributed by atoms with Crippen LogP contribution in [-0.4, -0.2) is 40.4 Å². The summed E-state index contributed by atoms with van der Waals surface area (Å²) in [6, 6.07) is 0.108. The summed E-state index contributed by atoms with van der Waals surface area (Å²) in [6.07, 6.45) is 2.81. The summed E-state index contributed by atoms with van der Waals surface area (Å²) in [5.41, 5.74) is 0. The van der Waals surface area contributed by atoms with Crippen LogP contribution in [0.5, 0.6) is 0 Å². The quantitative estimate of drug-likeness (QED) is 0.686. The van der Waals surface area contributed by atoms with Gasteiger partial charge in [0.1, 0.15) is 6.33 Å². The van der Waals surface area contributed by atoms with Gasteiger partial charge in [0.15, 0.2) is 5.82 Å². The molecule has 0 aromatic carbocycles. The second-order valence-electron chi connectivity index (χ2n) is 3.72. The first kappa shape index (κ1) is 12.6. The maximum absolute atomic E-state index is 11.0. The SMILES string of the molecule is COC(=O)CC(C)NCCc1ncn(C)n1. The highest BCUT2D eigenvalue weighted by Gasteiger charge is 2.08. The van der Waals surface area contributed by atoms with Crippen LogP contribution in [0.3, 0.4) is 0 Å². The van der Waals surface area contributed by atoms with Crippen molar-refractivity contribution < 1.29 is 9.53 Å². The number of esters is 1. The molecule has 0 aliphatic carbocycles. The van der Waals surface area contributed by atoms with E-state index in [0.29, 0.717) is 6.42 Å². The van der Waals surface area contributed by atoms with Crippen molar-refractivity contribution in [1.82, 2.24) is 20.1 Å². The molecule has 0 bridgehead atoms. The van der Waals surface area contributed by atoms with Gasteiger partial charge < -0.3 is 10.1 Å². The molecule has 0 aliphatic heterocycles. The van der Waals surface area contributed by atoms with Crippen molar-refractivity contribution >= 4 is 5.97 Å². The minimum atomic E-state index is -0.198. The highest BCUT2D eigenvalue weighted by molar-refractivity contribution is 5.69. The summed E-state index contributed by atoms with van der Waals surface area (Å²) < 4.78 is 6.26. The number of aromatic nitrogens is 3. The van der Waals surface area contributed by atoms with Gasteiger partial charge in [0.2, 0.25) is 0 Å². The van der Waals surface area contributed by atoms with Gasteiger partial charge in [-0.2, -0.15) is 5.10 Å². The summed E-state index contributed by atoms with van der Waals surface area (Å²) >= 11 is 0. The highest BCUT2D eigenvalue weighted by Crippen LogP contribution is 1.94. The van der Waals surface area contributed by atoms with Crippen molar-refractivity contribution in [2.24, 2.45) is 7.05 Å². The number of rotatable bonds is 6. The molecule has 0 aliphatic rings. The lowest BCUT2D eigenvalue weighted by Gasteiger charge is -2.11. The molecule has 0 spiro atoms. The molecule has 0 saturated heterocycles. The number of aryl methyl sites for hydroxylation is 1. The van der Waals surface area contributed by atoms with Crippen LogP contribution in [0.1, 0.15) is 19.2 Å². The second-order valence-corrected chi connectivity index (χ2v) is 3.72. The molecular formula is C10H18N4O2. The van der Waals surface area contributed by atoms with E-state index in [0.717, 1.165) is 18.8 Å². The monoisotopic (exact) mass is 226 g/mol.